The lowest BCUT2D eigenvalue weighted by atomic mass is 10.1. The van der Waals surface area contributed by atoms with Crippen molar-refractivity contribution in [3.05, 3.63) is 69.5 Å². The van der Waals surface area contributed by atoms with Crippen molar-refractivity contribution in [1.29, 1.82) is 0 Å². The number of alkyl halides is 3. The molecule has 0 saturated carbocycles. The summed E-state index contributed by atoms with van der Waals surface area (Å²) in [5.74, 6) is -0.233. The third kappa shape index (κ3) is 4.20. The second-order valence-corrected chi connectivity index (χ2v) is 6.37. The Kier molecular flexibility index (Phi) is 5.23. The Morgan fingerprint density at radius 2 is 2.19 bits per heavy atom. The molecule has 1 aromatic rings. The second-order valence-electron chi connectivity index (χ2n) is 5.39. The average Bonchev–Trinajstić information content (AvgIpc) is 2.94. The molecule has 0 spiro atoms. The summed E-state index contributed by atoms with van der Waals surface area (Å²) in [7, 11) is 1.20. The van der Waals surface area contributed by atoms with Crippen molar-refractivity contribution in [2.45, 2.75) is 17.7 Å². The molecule has 1 aromatic heterocycles. The molecule has 1 aliphatic heterocycles. The summed E-state index contributed by atoms with van der Waals surface area (Å²) < 4.78 is 44.6. The van der Waals surface area contributed by atoms with Crippen molar-refractivity contribution in [1.82, 2.24) is 20.6 Å². The van der Waals surface area contributed by atoms with E-state index in [4.69, 9.17) is 4.74 Å². The highest BCUT2D eigenvalue weighted by atomic mass is 32.2. The minimum absolute atomic E-state index is 0.233. The number of nitrogens with zero attached hydrogens (tertiary/aromatic N) is 1. The molecule has 0 amide bonds. The van der Waals surface area contributed by atoms with Crippen LogP contribution in [0.3, 0.4) is 0 Å². The minimum Gasteiger partial charge on any atom is -0.496 e. The number of methoxy groups -OCH3 is 1. The van der Waals surface area contributed by atoms with Crippen LogP contribution in [0.2, 0.25) is 0 Å². The lowest BCUT2D eigenvalue weighted by molar-refractivity contribution is -0.0934. The van der Waals surface area contributed by atoms with Crippen LogP contribution in [-0.4, -0.2) is 34.8 Å². The first-order valence-corrected chi connectivity index (χ1v) is 8.46. The number of thioether (sulfide) groups is 1. The second kappa shape index (κ2) is 7.42. The SMILES string of the molecule is COC1=CC=CC(NC2NC(c3cnc(=O)[nH]c3)=CS2)C=C1C(F)(F)F. The molecule has 0 radical (unpaired) electrons. The van der Waals surface area contributed by atoms with Crippen LogP contribution in [0.4, 0.5) is 13.2 Å². The molecule has 138 valence electrons. The van der Waals surface area contributed by atoms with Crippen molar-refractivity contribution in [2.24, 2.45) is 0 Å². The number of H-pyrrole nitrogens is 1. The fourth-order valence-electron chi connectivity index (χ4n) is 2.43. The molecule has 6 nitrogen and oxygen atoms in total. The number of halogens is 3. The molecule has 0 bridgehead atoms. The molecule has 0 saturated heterocycles. The van der Waals surface area contributed by atoms with Gasteiger partial charge < -0.3 is 15.0 Å². The summed E-state index contributed by atoms with van der Waals surface area (Å²) in [5, 5.41) is 8.01. The number of hydrogen-bond donors (Lipinski definition) is 3. The smallest absolute Gasteiger partial charge is 0.419 e. The summed E-state index contributed by atoms with van der Waals surface area (Å²) >= 11 is 1.37. The van der Waals surface area contributed by atoms with E-state index in [1.54, 1.807) is 11.5 Å². The molecule has 0 fully saturated rings. The maximum absolute atomic E-state index is 13.3. The first-order chi connectivity index (χ1) is 12.4. The monoisotopic (exact) mass is 384 g/mol. The highest BCUT2D eigenvalue weighted by molar-refractivity contribution is 8.03. The average molecular weight is 384 g/mol. The van der Waals surface area contributed by atoms with E-state index in [0.29, 0.717) is 11.3 Å². The standard InChI is InChI=1S/C16H15F3N4O2S/c1-25-13-4-2-3-10(5-11(13)16(17,18)19)22-15-23-12(8-26-15)9-6-20-14(24)21-7-9/h2-8,10,15,22-23H,1H3,(H,20,21,24). The number of aromatic nitrogens is 2. The summed E-state index contributed by atoms with van der Waals surface area (Å²) in [6.45, 7) is 0. The van der Waals surface area contributed by atoms with Crippen LogP contribution in [0.25, 0.3) is 5.70 Å². The predicted octanol–water partition coefficient (Wildman–Crippen LogP) is 2.24. The third-order valence-corrected chi connectivity index (χ3v) is 4.54. The van der Waals surface area contributed by atoms with Gasteiger partial charge >= 0.3 is 11.9 Å². The van der Waals surface area contributed by atoms with Gasteiger partial charge in [0.05, 0.1) is 18.4 Å². The summed E-state index contributed by atoms with van der Waals surface area (Å²) in [4.78, 5) is 17.1. The van der Waals surface area contributed by atoms with Gasteiger partial charge in [0.15, 0.2) is 0 Å². The van der Waals surface area contributed by atoms with E-state index in [2.05, 4.69) is 20.6 Å². The molecule has 10 heteroatoms. The van der Waals surface area contributed by atoms with Gasteiger partial charge in [0.25, 0.3) is 0 Å². The van der Waals surface area contributed by atoms with Crippen molar-refractivity contribution in [3.8, 4) is 0 Å². The Morgan fingerprint density at radius 1 is 1.38 bits per heavy atom. The maximum atomic E-state index is 13.3. The molecule has 2 aliphatic rings. The molecule has 3 rings (SSSR count). The van der Waals surface area contributed by atoms with Gasteiger partial charge in [-0.3, -0.25) is 5.32 Å². The first-order valence-electron chi connectivity index (χ1n) is 7.52. The largest absolute Gasteiger partial charge is 0.496 e. The minimum atomic E-state index is -4.52. The molecular weight excluding hydrogens is 369 g/mol. The van der Waals surface area contributed by atoms with Gasteiger partial charge in [-0.05, 0) is 17.6 Å². The van der Waals surface area contributed by atoms with Crippen LogP contribution >= 0.6 is 11.8 Å². The van der Waals surface area contributed by atoms with Crippen LogP contribution in [0, 0.1) is 0 Å². The lowest BCUT2D eigenvalue weighted by Gasteiger charge is -2.20. The van der Waals surface area contributed by atoms with Crippen LogP contribution in [0.15, 0.2) is 58.2 Å². The zero-order chi connectivity index (χ0) is 18.7. The molecule has 0 aromatic carbocycles. The van der Waals surface area contributed by atoms with Crippen molar-refractivity contribution in [3.63, 3.8) is 0 Å². The lowest BCUT2D eigenvalue weighted by Crippen LogP contribution is -2.41. The van der Waals surface area contributed by atoms with Crippen molar-refractivity contribution in [2.75, 3.05) is 7.11 Å². The van der Waals surface area contributed by atoms with Gasteiger partial charge in [0.2, 0.25) is 0 Å². The Labute approximate surface area is 150 Å². The molecular formula is C16H15F3N4O2S. The topological polar surface area (TPSA) is 79.0 Å². The molecule has 1 aliphatic carbocycles. The number of aromatic amines is 1. The Hall–Kier alpha value is -2.46. The molecule has 2 heterocycles. The zero-order valence-electron chi connectivity index (χ0n) is 13.5. The summed E-state index contributed by atoms with van der Waals surface area (Å²) in [6, 6.07) is -0.651. The normalized spacial score (nSPS) is 22.8. The van der Waals surface area contributed by atoms with E-state index in [-0.39, 0.29) is 11.3 Å². The number of hydrogen-bond acceptors (Lipinski definition) is 6. The van der Waals surface area contributed by atoms with E-state index in [0.717, 1.165) is 6.08 Å². The van der Waals surface area contributed by atoms with E-state index in [1.165, 1.54) is 43.4 Å². The highest BCUT2D eigenvalue weighted by Gasteiger charge is 2.38. The molecule has 3 N–H and O–H groups in total. The number of ether oxygens (including phenoxy) is 1. The number of rotatable bonds is 4. The van der Waals surface area contributed by atoms with Crippen molar-refractivity contribution >= 4 is 17.5 Å². The van der Waals surface area contributed by atoms with Crippen LogP contribution in [0.5, 0.6) is 0 Å². The molecule has 2 atom stereocenters. The summed E-state index contributed by atoms with van der Waals surface area (Å²) in [5.41, 5.74) is -0.244. The number of nitrogens with one attached hydrogen (secondary N) is 3. The Balaban J connectivity index is 1.70. The zero-order valence-corrected chi connectivity index (χ0v) is 14.3. The van der Waals surface area contributed by atoms with Gasteiger partial charge in [-0.25, -0.2) is 9.78 Å². The fourth-order valence-corrected chi connectivity index (χ4v) is 3.33. The molecule has 26 heavy (non-hydrogen) atoms. The predicted molar refractivity (Wildman–Crippen MR) is 92.6 cm³/mol. The highest BCUT2D eigenvalue weighted by Crippen LogP contribution is 2.33. The summed E-state index contributed by atoms with van der Waals surface area (Å²) in [6.07, 6.45) is 3.91. The van der Waals surface area contributed by atoms with E-state index in [9.17, 15) is 18.0 Å². The fraction of sp³-hybridized carbons (Fsp3) is 0.250. The van der Waals surface area contributed by atoms with Gasteiger partial charge in [-0.2, -0.15) is 13.2 Å². The number of allylic oxidation sites excluding steroid dienone is 3. The van der Waals surface area contributed by atoms with Gasteiger partial charge in [-0.1, -0.05) is 23.9 Å². The van der Waals surface area contributed by atoms with Gasteiger partial charge in [-0.15, -0.1) is 0 Å². The van der Waals surface area contributed by atoms with Crippen molar-refractivity contribution < 1.29 is 17.9 Å². The van der Waals surface area contributed by atoms with Crippen LogP contribution in [0.1, 0.15) is 5.56 Å². The Morgan fingerprint density at radius 3 is 2.85 bits per heavy atom. The van der Waals surface area contributed by atoms with E-state index < -0.39 is 23.5 Å². The Bertz CT molecular complexity index is 837. The van der Waals surface area contributed by atoms with Crippen LogP contribution in [-0.2, 0) is 4.74 Å². The van der Waals surface area contributed by atoms with Gasteiger partial charge in [0, 0.05) is 24.0 Å². The third-order valence-electron chi connectivity index (χ3n) is 3.64. The van der Waals surface area contributed by atoms with E-state index >= 15 is 0 Å². The van der Waals surface area contributed by atoms with E-state index in [1.807, 2.05) is 0 Å². The maximum Gasteiger partial charge on any atom is 0.419 e. The quantitative estimate of drug-likeness (QED) is 0.739. The molecule has 2 unspecified atom stereocenters. The van der Waals surface area contributed by atoms with Crippen LogP contribution < -0.4 is 16.3 Å². The van der Waals surface area contributed by atoms with Gasteiger partial charge in [0.1, 0.15) is 11.3 Å². The first kappa shape index (κ1) is 18.3.